The summed E-state index contributed by atoms with van der Waals surface area (Å²) >= 11 is 0. The second kappa shape index (κ2) is 6.91. The van der Waals surface area contributed by atoms with Crippen LogP contribution in [0.2, 0.25) is 0 Å². The number of nitrogens with zero attached hydrogens (tertiary/aromatic N) is 1. The molecule has 2 nitrogen and oxygen atoms in total. The maximum absolute atomic E-state index is 3.75. The monoisotopic (exact) mass is 246 g/mol. The molecule has 1 aliphatic rings. The van der Waals surface area contributed by atoms with Crippen LogP contribution in [0.25, 0.3) is 0 Å². The molecule has 1 heterocycles. The van der Waals surface area contributed by atoms with Gasteiger partial charge in [-0.05, 0) is 25.3 Å². The number of hydrogen-bond acceptors (Lipinski definition) is 2. The van der Waals surface area contributed by atoms with Crippen molar-refractivity contribution >= 4 is 0 Å². The molecule has 2 heteroatoms. The predicted molar refractivity (Wildman–Crippen MR) is 77.6 cm³/mol. The van der Waals surface area contributed by atoms with E-state index in [1.807, 2.05) is 0 Å². The van der Waals surface area contributed by atoms with Crippen LogP contribution in [0.4, 0.5) is 0 Å². The second-order valence-corrected chi connectivity index (χ2v) is 5.56. The number of rotatable bonds is 6. The molecular weight excluding hydrogens is 220 g/mol. The largest absolute Gasteiger partial charge is 0.310 e. The molecule has 0 amide bonds. The highest BCUT2D eigenvalue weighted by molar-refractivity contribution is 5.14. The minimum absolute atomic E-state index is 0.664. The van der Waals surface area contributed by atoms with E-state index in [1.165, 1.54) is 37.9 Å². The zero-order valence-corrected chi connectivity index (χ0v) is 11.7. The number of likely N-dealkylation sites (tertiary alicyclic amines) is 1. The van der Waals surface area contributed by atoms with Crippen molar-refractivity contribution in [3.63, 3.8) is 0 Å². The zero-order valence-electron chi connectivity index (χ0n) is 11.7. The molecule has 1 N–H and O–H groups in total. The van der Waals surface area contributed by atoms with Crippen LogP contribution in [0.15, 0.2) is 30.3 Å². The Morgan fingerprint density at radius 2 is 2.11 bits per heavy atom. The summed E-state index contributed by atoms with van der Waals surface area (Å²) in [5.74, 6) is 0. The first-order valence-corrected chi connectivity index (χ1v) is 7.30. The van der Waals surface area contributed by atoms with E-state index >= 15 is 0 Å². The summed E-state index contributed by atoms with van der Waals surface area (Å²) < 4.78 is 0. The van der Waals surface area contributed by atoms with E-state index in [1.54, 1.807) is 0 Å². The lowest BCUT2D eigenvalue weighted by atomic mass is 10.1. The molecule has 100 valence electrons. The highest BCUT2D eigenvalue weighted by Crippen LogP contribution is 2.14. The Kier molecular flexibility index (Phi) is 5.21. The van der Waals surface area contributed by atoms with Crippen molar-refractivity contribution in [2.75, 3.05) is 13.1 Å². The summed E-state index contributed by atoms with van der Waals surface area (Å²) in [6.45, 7) is 8.09. The standard InChI is InChI=1S/C16H26N2/c1-3-7-14(2)17-16-10-11-18(13-16)12-15-8-5-4-6-9-15/h4-6,8-9,14,16-17H,3,7,10-13H2,1-2H3. The summed E-state index contributed by atoms with van der Waals surface area (Å²) in [5, 5.41) is 3.75. The Hall–Kier alpha value is -0.860. The number of nitrogens with one attached hydrogen (secondary N) is 1. The molecule has 0 aliphatic carbocycles. The van der Waals surface area contributed by atoms with Gasteiger partial charge in [-0.25, -0.2) is 0 Å². The van der Waals surface area contributed by atoms with Gasteiger partial charge in [0.25, 0.3) is 0 Å². The van der Waals surface area contributed by atoms with Gasteiger partial charge in [-0.1, -0.05) is 43.7 Å². The van der Waals surface area contributed by atoms with E-state index < -0.39 is 0 Å². The van der Waals surface area contributed by atoms with Crippen LogP contribution in [0.3, 0.4) is 0 Å². The summed E-state index contributed by atoms with van der Waals surface area (Å²) in [7, 11) is 0. The topological polar surface area (TPSA) is 15.3 Å². The highest BCUT2D eigenvalue weighted by atomic mass is 15.2. The van der Waals surface area contributed by atoms with Crippen molar-refractivity contribution in [3.05, 3.63) is 35.9 Å². The molecule has 0 aromatic heterocycles. The lowest BCUT2D eigenvalue weighted by molar-refractivity contribution is 0.314. The van der Waals surface area contributed by atoms with Gasteiger partial charge < -0.3 is 5.32 Å². The first-order valence-electron chi connectivity index (χ1n) is 7.30. The molecule has 0 radical (unpaired) electrons. The van der Waals surface area contributed by atoms with Crippen molar-refractivity contribution < 1.29 is 0 Å². The van der Waals surface area contributed by atoms with E-state index in [0.29, 0.717) is 12.1 Å². The summed E-state index contributed by atoms with van der Waals surface area (Å²) in [5.41, 5.74) is 1.43. The van der Waals surface area contributed by atoms with E-state index in [-0.39, 0.29) is 0 Å². The van der Waals surface area contributed by atoms with Crippen LogP contribution >= 0.6 is 0 Å². The van der Waals surface area contributed by atoms with Gasteiger partial charge in [-0.15, -0.1) is 0 Å². The van der Waals surface area contributed by atoms with Crippen LogP contribution < -0.4 is 5.32 Å². The van der Waals surface area contributed by atoms with Crippen LogP contribution in [0.1, 0.15) is 38.7 Å². The van der Waals surface area contributed by atoms with Crippen molar-refractivity contribution in [3.8, 4) is 0 Å². The molecule has 2 rings (SSSR count). The van der Waals surface area contributed by atoms with E-state index in [2.05, 4.69) is 54.4 Å². The van der Waals surface area contributed by atoms with Gasteiger partial charge in [0.2, 0.25) is 0 Å². The quantitative estimate of drug-likeness (QED) is 0.830. The maximum Gasteiger partial charge on any atom is 0.0234 e. The summed E-state index contributed by atoms with van der Waals surface area (Å²) in [4.78, 5) is 2.56. The van der Waals surface area contributed by atoms with Crippen molar-refractivity contribution in [2.24, 2.45) is 0 Å². The zero-order chi connectivity index (χ0) is 12.8. The van der Waals surface area contributed by atoms with E-state index in [4.69, 9.17) is 0 Å². The first kappa shape index (κ1) is 13.6. The van der Waals surface area contributed by atoms with E-state index in [0.717, 1.165) is 6.54 Å². The molecule has 2 atom stereocenters. The molecule has 0 bridgehead atoms. The van der Waals surface area contributed by atoms with Gasteiger partial charge in [0.05, 0.1) is 0 Å². The molecule has 1 fully saturated rings. The Bertz CT molecular complexity index is 336. The number of benzene rings is 1. The minimum atomic E-state index is 0.664. The average Bonchev–Trinajstić information content (AvgIpc) is 2.78. The van der Waals surface area contributed by atoms with Gasteiger partial charge >= 0.3 is 0 Å². The van der Waals surface area contributed by atoms with Gasteiger partial charge in [0.15, 0.2) is 0 Å². The highest BCUT2D eigenvalue weighted by Gasteiger charge is 2.22. The van der Waals surface area contributed by atoms with E-state index in [9.17, 15) is 0 Å². The van der Waals surface area contributed by atoms with Crippen molar-refractivity contribution in [2.45, 2.75) is 51.7 Å². The molecule has 1 aliphatic heterocycles. The van der Waals surface area contributed by atoms with Gasteiger partial charge in [0.1, 0.15) is 0 Å². The Labute approximate surface area is 111 Å². The van der Waals surface area contributed by atoms with Crippen molar-refractivity contribution in [1.29, 1.82) is 0 Å². The normalized spacial score (nSPS) is 22.2. The molecule has 0 spiro atoms. The Morgan fingerprint density at radius 3 is 2.83 bits per heavy atom. The first-order chi connectivity index (χ1) is 8.78. The third-order valence-corrected chi connectivity index (χ3v) is 3.76. The molecule has 0 saturated carbocycles. The van der Waals surface area contributed by atoms with Crippen LogP contribution in [0.5, 0.6) is 0 Å². The molecule has 1 aromatic rings. The Morgan fingerprint density at radius 1 is 1.33 bits per heavy atom. The lowest BCUT2D eigenvalue weighted by Gasteiger charge is -2.20. The molecule has 1 aromatic carbocycles. The smallest absolute Gasteiger partial charge is 0.0234 e. The summed E-state index contributed by atoms with van der Waals surface area (Å²) in [6, 6.07) is 12.1. The van der Waals surface area contributed by atoms with Crippen molar-refractivity contribution in [1.82, 2.24) is 10.2 Å². The molecular formula is C16H26N2. The predicted octanol–water partition coefficient (Wildman–Crippen LogP) is 3.04. The van der Waals surface area contributed by atoms with Crippen LogP contribution in [-0.4, -0.2) is 30.1 Å². The summed E-state index contributed by atoms with van der Waals surface area (Å²) in [6.07, 6.45) is 3.85. The number of hydrogen-bond donors (Lipinski definition) is 1. The second-order valence-electron chi connectivity index (χ2n) is 5.56. The molecule has 18 heavy (non-hydrogen) atoms. The fraction of sp³-hybridized carbons (Fsp3) is 0.625. The van der Waals surface area contributed by atoms with Crippen LogP contribution in [-0.2, 0) is 6.54 Å². The van der Waals surface area contributed by atoms with Gasteiger partial charge in [0, 0.05) is 31.7 Å². The fourth-order valence-corrected chi connectivity index (χ4v) is 2.87. The van der Waals surface area contributed by atoms with Gasteiger partial charge in [-0.2, -0.15) is 0 Å². The minimum Gasteiger partial charge on any atom is -0.310 e. The Balaban J connectivity index is 1.75. The average molecular weight is 246 g/mol. The maximum atomic E-state index is 3.75. The molecule has 1 saturated heterocycles. The molecule has 2 unspecified atom stereocenters. The third kappa shape index (κ3) is 4.11. The van der Waals surface area contributed by atoms with Gasteiger partial charge in [-0.3, -0.25) is 4.90 Å². The fourth-order valence-electron chi connectivity index (χ4n) is 2.87. The SMILES string of the molecule is CCCC(C)NC1CCN(Cc2ccccc2)C1. The lowest BCUT2D eigenvalue weighted by Crippen LogP contribution is -2.38. The third-order valence-electron chi connectivity index (χ3n) is 3.76. The van der Waals surface area contributed by atoms with Crippen LogP contribution in [0, 0.1) is 0 Å².